The second-order valence-corrected chi connectivity index (χ2v) is 16.0. The van der Waals surface area contributed by atoms with Crippen LogP contribution in [0.15, 0.2) is 230 Å². The third-order valence-corrected chi connectivity index (χ3v) is 12.6. The number of allylic oxidation sites excluding steroid dienone is 4. The predicted octanol–water partition coefficient (Wildman–Crippen LogP) is 15.6. The Labute approximate surface area is 355 Å². The SMILES string of the molecule is C1=CC(c2ccc(N(c3ccc(-c4ccccc4)cc3)c3ccc(-c4ccc(-n5c6ccccc6c6c7ccccc7ccc65)cc4)cc3)cc2)=C2Oc3ccccc3C2C1. The lowest BCUT2D eigenvalue weighted by atomic mass is 9.87. The molecule has 0 N–H and O–H groups in total. The molecular weight excluding hydrogens is 741 g/mol. The van der Waals surface area contributed by atoms with Gasteiger partial charge in [-0.15, -0.1) is 0 Å². The van der Waals surface area contributed by atoms with Gasteiger partial charge < -0.3 is 14.2 Å². The van der Waals surface area contributed by atoms with Crippen LogP contribution in [0.2, 0.25) is 0 Å². The van der Waals surface area contributed by atoms with Crippen molar-refractivity contribution in [2.45, 2.75) is 12.3 Å². The van der Waals surface area contributed by atoms with Crippen molar-refractivity contribution in [3.63, 3.8) is 0 Å². The molecule has 0 saturated heterocycles. The Bertz CT molecular complexity index is 3320. The second-order valence-electron chi connectivity index (χ2n) is 16.0. The first-order valence-corrected chi connectivity index (χ1v) is 21.1. The second kappa shape index (κ2) is 14.4. The Balaban J connectivity index is 0.887. The monoisotopic (exact) mass is 780 g/mol. The average Bonchev–Trinajstić information content (AvgIpc) is 3.89. The zero-order valence-electron chi connectivity index (χ0n) is 33.4. The highest BCUT2D eigenvalue weighted by Crippen LogP contribution is 2.48. The van der Waals surface area contributed by atoms with E-state index < -0.39 is 0 Å². The van der Waals surface area contributed by atoms with Gasteiger partial charge in [-0.05, 0) is 112 Å². The Morgan fingerprint density at radius 3 is 1.70 bits per heavy atom. The van der Waals surface area contributed by atoms with Gasteiger partial charge in [0.1, 0.15) is 11.5 Å². The molecule has 61 heavy (non-hydrogen) atoms. The van der Waals surface area contributed by atoms with Crippen molar-refractivity contribution in [3.05, 3.63) is 241 Å². The molecule has 3 heteroatoms. The highest BCUT2D eigenvalue weighted by atomic mass is 16.5. The normalized spacial score (nSPS) is 14.3. The quantitative estimate of drug-likeness (QED) is 0.160. The number of nitrogens with zero attached hydrogens (tertiary/aromatic N) is 2. The van der Waals surface area contributed by atoms with Crippen LogP contribution in [0.1, 0.15) is 23.5 Å². The van der Waals surface area contributed by atoms with E-state index in [1.54, 1.807) is 0 Å². The van der Waals surface area contributed by atoms with Crippen molar-refractivity contribution in [1.82, 2.24) is 4.57 Å². The molecule has 10 aromatic rings. The lowest BCUT2D eigenvalue weighted by Crippen LogP contribution is -2.10. The molecule has 0 saturated carbocycles. The van der Waals surface area contributed by atoms with Crippen LogP contribution in [0.5, 0.6) is 5.75 Å². The molecule has 1 aliphatic heterocycles. The molecule has 0 spiro atoms. The van der Waals surface area contributed by atoms with E-state index in [0.29, 0.717) is 0 Å². The molecule has 12 rings (SSSR count). The fourth-order valence-electron chi connectivity index (χ4n) is 9.61. The number of rotatable bonds is 7. The van der Waals surface area contributed by atoms with Crippen LogP contribution in [0, 0.1) is 0 Å². The van der Waals surface area contributed by atoms with Crippen molar-refractivity contribution in [1.29, 1.82) is 0 Å². The topological polar surface area (TPSA) is 17.4 Å². The number of benzene rings is 9. The fraction of sp³-hybridized carbons (Fsp3) is 0.0345. The predicted molar refractivity (Wildman–Crippen MR) is 254 cm³/mol. The van der Waals surface area contributed by atoms with Gasteiger partial charge in [-0.3, -0.25) is 0 Å². The Hall–Kier alpha value is -7.88. The minimum absolute atomic E-state index is 0.264. The van der Waals surface area contributed by atoms with Crippen molar-refractivity contribution in [2.24, 2.45) is 0 Å². The molecule has 0 radical (unpaired) electrons. The van der Waals surface area contributed by atoms with Crippen LogP contribution < -0.4 is 9.64 Å². The van der Waals surface area contributed by atoms with Gasteiger partial charge in [0.2, 0.25) is 0 Å². The summed E-state index contributed by atoms with van der Waals surface area (Å²) in [6.45, 7) is 0. The van der Waals surface area contributed by atoms with Gasteiger partial charge in [-0.25, -0.2) is 0 Å². The number of hydrogen-bond donors (Lipinski definition) is 0. The maximum atomic E-state index is 6.48. The number of hydrogen-bond acceptors (Lipinski definition) is 2. The third-order valence-electron chi connectivity index (χ3n) is 12.6. The van der Waals surface area contributed by atoms with E-state index in [0.717, 1.165) is 51.8 Å². The van der Waals surface area contributed by atoms with Crippen LogP contribution in [0.25, 0.3) is 66.1 Å². The number of ether oxygens (including phenoxy) is 1. The molecule has 1 atom stereocenters. The highest BCUT2D eigenvalue weighted by Gasteiger charge is 2.33. The summed E-state index contributed by atoms with van der Waals surface area (Å²) in [6.07, 6.45) is 5.47. The van der Waals surface area contributed by atoms with Crippen LogP contribution in [0.4, 0.5) is 17.1 Å². The zero-order chi connectivity index (χ0) is 40.3. The van der Waals surface area contributed by atoms with Crippen LogP contribution in [-0.2, 0) is 0 Å². The molecule has 288 valence electrons. The molecule has 3 nitrogen and oxygen atoms in total. The maximum Gasteiger partial charge on any atom is 0.130 e. The summed E-state index contributed by atoms with van der Waals surface area (Å²) in [5.74, 6) is 2.29. The summed E-state index contributed by atoms with van der Waals surface area (Å²) in [5.41, 5.74) is 15.2. The first kappa shape index (κ1) is 35.1. The van der Waals surface area contributed by atoms with Gasteiger partial charge in [-0.1, -0.05) is 158 Å². The Kier molecular flexibility index (Phi) is 8.31. The maximum absolute atomic E-state index is 6.48. The summed E-state index contributed by atoms with van der Waals surface area (Å²) in [6, 6.07) is 76.7. The van der Waals surface area contributed by atoms with Crippen LogP contribution in [0.3, 0.4) is 0 Å². The summed E-state index contributed by atoms with van der Waals surface area (Å²) < 4.78 is 8.88. The van der Waals surface area contributed by atoms with E-state index >= 15 is 0 Å². The summed E-state index contributed by atoms with van der Waals surface area (Å²) in [4.78, 5) is 2.34. The van der Waals surface area contributed by atoms with E-state index in [4.69, 9.17) is 4.74 Å². The molecule has 0 amide bonds. The van der Waals surface area contributed by atoms with Gasteiger partial charge in [0.05, 0.1) is 11.0 Å². The van der Waals surface area contributed by atoms with Gasteiger partial charge >= 0.3 is 0 Å². The molecule has 1 unspecified atom stereocenters. The van der Waals surface area contributed by atoms with Crippen LogP contribution in [-0.4, -0.2) is 4.57 Å². The van der Waals surface area contributed by atoms with E-state index in [1.165, 1.54) is 60.4 Å². The molecule has 2 aliphatic rings. The standard InChI is InChI=1S/C58H40N2O/c1-2-11-39(12-3-1)40-21-30-45(31-22-40)59(47-36-27-44(28-37-47)50-17-10-18-52-51-15-7-9-20-56(51)61-58(50)52)46-32-23-41(24-33-46)42-25-34-48(35-26-42)60-54-19-8-6-16-53(54)57-49-14-5-4-13-43(49)29-38-55(57)60/h1-17,19-38,52H,18H2. The van der Waals surface area contributed by atoms with E-state index in [-0.39, 0.29) is 5.92 Å². The summed E-state index contributed by atoms with van der Waals surface area (Å²) >= 11 is 0. The molecule has 1 aromatic heterocycles. The smallest absolute Gasteiger partial charge is 0.130 e. The summed E-state index contributed by atoms with van der Waals surface area (Å²) in [5, 5.41) is 5.11. The molecule has 2 heterocycles. The third kappa shape index (κ3) is 5.97. The van der Waals surface area contributed by atoms with Crippen molar-refractivity contribution in [3.8, 4) is 33.7 Å². The van der Waals surface area contributed by atoms with Gasteiger partial charge in [0.25, 0.3) is 0 Å². The number of para-hydroxylation sites is 2. The van der Waals surface area contributed by atoms with E-state index in [1.807, 2.05) is 0 Å². The van der Waals surface area contributed by atoms with Gasteiger partial charge in [0, 0.05) is 50.6 Å². The van der Waals surface area contributed by atoms with Crippen molar-refractivity contribution >= 4 is 55.2 Å². The lowest BCUT2D eigenvalue weighted by molar-refractivity contribution is 0.429. The molecule has 1 aliphatic carbocycles. The Morgan fingerprint density at radius 2 is 1.00 bits per heavy atom. The molecule has 9 aromatic carbocycles. The van der Waals surface area contributed by atoms with Gasteiger partial charge in [-0.2, -0.15) is 0 Å². The number of anilines is 3. The minimum Gasteiger partial charge on any atom is -0.460 e. The van der Waals surface area contributed by atoms with Crippen molar-refractivity contribution < 1.29 is 4.74 Å². The van der Waals surface area contributed by atoms with E-state index in [2.05, 4.69) is 234 Å². The molecule has 0 fully saturated rings. The van der Waals surface area contributed by atoms with Crippen molar-refractivity contribution in [2.75, 3.05) is 4.90 Å². The lowest BCUT2D eigenvalue weighted by Gasteiger charge is -2.26. The zero-order valence-corrected chi connectivity index (χ0v) is 33.4. The molecule has 0 bridgehead atoms. The van der Waals surface area contributed by atoms with Gasteiger partial charge in [0.15, 0.2) is 0 Å². The minimum atomic E-state index is 0.264. The fourth-order valence-corrected chi connectivity index (χ4v) is 9.61. The average molecular weight is 781 g/mol. The first-order valence-electron chi connectivity index (χ1n) is 21.1. The number of aromatic nitrogens is 1. The largest absolute Gasteiger partial charge is 0.460 e. The van der Waals surface area contributed by atoms with E-state index in [9.17, 15) is 0 Å². The number of fused-ring (bicyclic) bond motifs is 8. The summed E-state index contributed by atoms with van der Waals surface area (Å²) in [7, 11) is 0. The highest BCUT2D eigenvalue weighted by molar-refractivity contribution is 6.21. The molecular formula is C58H40N2O. The Morgan fingerprint density at radius 1 is 0.443 bits per heavy atom. The van der Waals surface area contributed by atoms with Crippen LogP contribution >= 0.6 is 0 Å². The first-order chi connectivity index (χ1) is 30.2.